The first-order chi connectivity index (χ1) is 15.0. The molecule has 33 heavy (non-hydrogen) atoms. The van der Waals surface area contributed by atoms with Crippen LogP contribution in [-0.4, -0.2) is 31.4 Å². The molecule has 0 aromatic heterocycles. The van der Waals surface area contributed by atoms with Crippen LogP contribution in [0.4, 0.5) is 26.3 Å². The van der Waals surface area contributed by atoms with Gasteiger partial charge in [0.2, 0.25) is 0 Å². The minimum atomic E-state index is -6.01. The number of alkyl halides is 6. The van der Waals surface area contributed by atoms with E-state index >= 15 is 4.39 Å². The second kappa shape index (κ2) is 8.56. The molecule has 0 fully saturated rings. The number of allylic oxidation sites excluding steroid dienone is 1. The van der Waals surface area contributed by atoms with Crippen molar-refractivity contribution in [2.75, 3.05) is 0 Å². The van der Waals surface area contributed by atoms with Gasteiger partial charge in [-0.3, -0.25) is 0 Å². The number of hydrogen-bond donors (Lipinski definition) is 0. The van der Waals surface area contributed by atoms with Crippen LogP contribution < -0.4 is 0 Å². The number of benzene rings is 2. The van der Waals surface area contributed by atoms with Crippen LogP contribution in [0.15, 0.2) is 48.6 Å². The Hall–Kier alpha value is -1.60. The first-order valence-corrected chi connectivity index (χ1v) is 14.1. The van der Waals surface area contributed by atoms with Gasteiger partial charge in [-0.05, 0) is 0 Å². The molecule has 0 saturated carbocycles. The molecule has 0 radical (unpaired) electrons. The van der Waals surface area contributed by atoms with Crippen molar-refractivity contribution in [1.82, 2.24) is 0 Å². The number of aryl methyl sites for hydroxylation is 4. The molecular formula is C22H21F6IO3S. The van der Waals surface area contributed by atoms with E-state index in [-0.39, 0.29) is 12.2 Å². The molecule has 1 aliphatic rings. The number of rotatable bonds is 5. The summed E-state index contributed by atoms with van der Waals surface area (Å²) in [6.07, 6.45) is -4.16. The molecule has 3 rings (SSSR count). The predicted molar refractivity (Wildman–Crippen MR) is 121 cm³/mol. The third-order valence-corrected chi connectivity index (χ3v) is 13.0. The van der Waals surface area contributed by atoms with Gasteiger partial charge in [-0.1, -0.05) is 0 Å². The van der Waals surface area contributed by atoms with E-state index in [1.165, 1.54) is 12.1 Å². The van der Waals surface area contributed by atoms with Crippen LogP contribution in [0.1, 0.15) is 22.3 Å². The third kappa shape index (κ3) is 4.20. The van der Waals surface area contributed by atoms with Gasteiger partial charge in [-0.2, -0.15) is 0 Å². The van der Waals surface area contributed by atoms with E-state index in [2.05, 4.69) is 0 Å². The Morgan fingerprint density at radius 1 is 0.818 bits per heavy atom. The molecule has 1 aliphatic carbocycles. The zero-order valence-electron chi connectivity index (χ0n) is 18.0. The topological polar surface area (TPSA) is 43.4 Å². The quantitative estimate of drug-likeness (QED) is 0.220. The fourth-order valence-electron chi connectivity index (χ4n) is 3.03. The Balaban J connectivity index is 2.17. The summed E-state index contributed by atoms with van der Waals surface area (Å²) in [5, 5.41) is -4.96. The average Bonchev–Trinajstić information content (AvgIpc) is 2.72. The summed E-state index contributed by atoms with van der Waals surface area (Å²) in [6, 6.07) is 9.57. The first kappa shape index (κ1) is 26.0. The monoisotopic (exact) mass is 606 g/mol. The van der Waals surface area contributed by atoms with Crippen molar-refractivity contribution >= 4 is 30.4 Å². The molecule has 0 heterocycles. The van der Waals surface area contributed by atoms with Crippen molar-refractivity contribution in [2.24, 2.45) is 0 Å². The molecule has 11 heteroatoms. The van der Waals surface area contributed by atoms with Crippen LogP contribution in [0, 0.1) is 34.8 Å². The van der Waals surface area contributed by atoms with Gasteiger partial charge in [-0.25, -0.2) is 0 Å². The van der Waals surface area contributed by atoms with Crippen molar-refractivity contribution in [3.63, 3.8) is 0 Å². The fraction of sp³-hybridized carbons (Fsp3) is 0.364. The first-order valence-electron chi connectivity index (χ1n) is 9.62. The van der Waals surface area contributed by atoms with E-state index in [0.29, 0.717) is 7.14 Å². The van der Waals surface area contributed by atoms with Gasteiger partial charge in [0.1, 0.15) is 0 Å². The van der Waals surface area contributed by atoms with Crippen LogP contribution in [-0.2, 0) is 12.6 Å². The van der Waals surface area contributed by atoms with Gasteiger partial charge in [0.15, 0.2) is 0 Å². The Bertz CT molecular complexity index is 1160. The van der Waals surface area contributed by atoms with Crippen LogP contribution in [0.2, 0.25) is 0 Å². The summed E-state index contributed by atoms with van der Waals surface area (Å²) < 4.78 is 117. The zero-order chi connectivity index (χ0) is 25.0. The molecule has 3 nitrogen and oxygen atoms in total. The molecule has 2 atom stereocenters. The maximum atomic E-state index is 15.3. The molecule has 2 unspecified atom stereocenters. The second-order valence-corrected chi connectivity index (χ2v) is 14.4. The summed E-state index contributed by atoms with van der Waals surface area (Å²) in [7, 11) is -6.01. The fourth-order valence-corrected chi connectivity index (χ4v) is 10.8. The van der Waals surface area contributed by atoms with Crippen molar-refractivity contribution < 1.29 is 37.3 Å². The molecule has 2 aromatic carbocycles. The molecule has 0 spiro atoms. The Kier molecular flexibility index (Phi) is 6.75. The van der Waals surface area contributed by atoms with Crippen LogP contribution in [0.25, 0.3) is 0 Å². The Labute approximate surface area is 195 Å². The summed E-state index contributed by atoms with van der Waals surface area (Å²) in [6.45, 7) is 7.06. The summed E-state index contributed by atoms with van der Waals surface area (Å²) in [5.74, 6) is -11.5. The number of halogens is 7. The average molecular weight is 606 g/mol. The summed E-state index contributed by atoms with van der Waals surface area (Å²) in [4.78, 5) is 0. The minimum absolute atomic E-state index is 0.219. The van der Waals surface area contributed by atoms with E-state index in [0.717, 1.165) is 22.3 Å². The summed E-state index contributed by atoms with van der Waals surface area (Å²) >= 11 is -3.67. The SMILES string of the molecule is Cc1ccc(I(OS(=O)(=O)C2(F)C=CC(F)C(F)(F)C2(F)F)c2ccc(C)c(C)c2)cc1C. The molecule has 0 saturated heterocycles. The second-order valence-electron chi connectivity index (χ2n) is 7.83. The summed E-state index contributed by atoms with van der Waals surface area (Å²) in [5.41, 5.74) is 3.19. The van der Waals surface area contributed by atoms with Gasteiger partial charge in [0.25, 0.3) is 0 Å². The molecule has 2 aromatic rings. The third-order valence-electron chi connectivity index (χ3n) is 5.52. The van der Waals surface area contributed by atoms with Crippen molar-refractivity contribution in [1.29, 1.82) is 0 Å². The van der Waals surface area contributed by atoms with E-state index in [9.17, 15) is 30.4 Å². The van der Waals surface area contributed by atoms with Crippen molar-refractivity contribution in [2.45, 2.75) is 50.7 Å². The molecule has 0 N–H and O–H groups in total. The van der Waals surface area contributed by atoms with Gasteiger partial charge >= 0.3 is 196 Å². The normalized spacial score (nSPS) is 24.5. The van der Waals surface area contributed by atoms with Gasteiger partial charge in [0.05, 0.1) is 0 Å². The Morgan fingerprint density at radius 2 is 1.27 bits per heavy atom. The Morgan fingerprint density at radius 3 is 1.70 bits per heavy atom. The van der Waals surface area contributed by atoms with Crippen LogP contribution >= 0.6 is 20.2 Å². The van der Waals surface area contributed by atoms with Crippen molar-refractivity contribution in [3.05, 3.63) is 77.9 Å². The molecule has 0 bridgehead atoms. The van der Waals surface area contributed by atoms with Gasteiger partial charge in [0, 0.05) is 0 Å². The zero-order valence-corrected chi connectivity index (χ0v) is 20.9. The molecule has 0 aliphatic heterocycles. The van der Waals surface area contributed by atoms with E-state index in [4.69, 9.17) is 2.51 Å². The van der Waals surface area contributed by atoms with Crippen LogP contribution in [0.3, 0.4) is 0 Å². The van der Waals surface area contributed by atoms with Gasteiger partial charge < -0.3 is 0 Å². The number of hydrogen-bond acceptors (Lipinski definition) is 3. The van der Waals surface area contributed by atoms with E-state index in [1.54, 1.807) is 52.0 Å². The van der Waals surface area contributed by atoms with Crippen LogP contribution in [0.5, 0.6) is 0 Å². The standard InChI is InChI=1S/C22H21F6IO3S/c1-13-5-7-17(11-15(13)3)29(18-8-6-14(2)16(4)12-18)32-33(30,31)20(24)10-9-19(23)21(25,26)22(20,27)28/h5-12,19H,1-4H3. The van der Waals surface area contributed by atoms with Gasteiger partial charge in [-0.15, -0.1) is 0 Å². The van der Waals surface area contributed by atoms with Crippen molar-refractivity contribution in [3.8, 4) is 0 Å². The molecular weight excluding hydrogens is 585 g/mol. The van der Waals surface area contributed by atoms with E-state index < -0.39 is 53.4 Å². The molecule has 182 valence electrons. The maximum absolute atomic E-state index is 15.3. The predicted octanol–water partition coefficient (Wildman–Crippen LogP) is 6.57. The van der Waals surface area contributed by atoms with E-state index in [1.807, 2.05) is 0 Å². The molecule has 0 amide bonds.